The molecule has 59 heavy (non-hydrogen) atoms. The summed E-state index contributed by atoms with van der Waals surface area (Å²) in [5, 5.41) is 12.2. The molecule has 3 amide bonds. The van der Waals surface area contributed by atoms with Crippen LogP contribution >= 0.6 is 0 Å². The van der Waals surface area contributed by atoms with Gasteiger partial charge in [-0.1, -0.05) is 30.3 Å². The quantitative estimate of drug-likeness (QED) is 0.107. The summed E-state index contributed by atoms with van der Waals surface area (Å²) in [4.78, 5) is 57.5. The number of pyridine rings is 2. The summed E-state index contributed by atoms with van der Waals surface area (Å²) in [5.74, 6) is -1.96. The Morgan fingerprint density at radius 1 is 0.915 bits per heavy atom. The molecule has 2 saturated heterocycles. The van der Waals surface area contributed by atoms with Crippen LogP contribution in [0.2, 0.25) is 0 Å². The van der Waals surface area contributed by atoms with Crippen molar-refractivity contribution in [2.75, 3.05) is 25.0 Å². The first kappa shape index (κ1) is 43.1. The average molecular weight is 827 g/mol. The van der Waals surface area contributed by atoms with Gasteiger partial charge in [-0.05, 0) is 107 Å². The first-order valence-corrected chi connectivity index (χ1v) is 19.8. The molecule has 3 aromatic heterocycles. The van der Waals surface area contributed by atoms with Gasteiger partial charge >= 0.3 is 12.1 Å². The van der Waals surface area contributed by atoms with Crippen molar-refractivity contribution in [1.82, 2.24) is 24.6 Å². The minimum atomic E-state index is -5.08. The van der Waals surface area contributed by atoms with Crippen LogP contribution in [0.15, 0.2) is 60.9 Å². The maximum absolute atomic E-state index is 13.3. The summed E-state index contributed by atoms with van der Waals surface area (Å²) in [7, 11) is 0. The number of rotatable bonds is 10. The van der Waals surface area contributed by atoms with Gasteiger partial charge in [0.1, 0.15) is 22.9 Å². The molecule has 1 atom stereocenters. The Kier molecular flexibility index (Phi) is 13.6. The van der Waals surface area contributed by atoms with Gasteiger partial charge in [0.25, 0.3) is 12.3 Å². The van der Waals surface area contributed by atoms with E-state index in [1.165, 1.54) is 23.8 Å². The Hall–Kier alpha value is -5.45. The molecule has 1 saturated carbocycles. The Bertz CT molecular complexity index is 2130. The van der Waals surface area contributed by atoms with Crippen LogP contribution in [-0.4, -0.2) is 80.0 Å². The van der Waals surface area contributed by atoms with Gasteiger partial charge in [0.2, 0.25) is 11.8 Å². The molecule has 316 valence electrons. The molecule has 0 spiro atoms. The molecular formula is C42H47F5N6O6. The second-order valence-electron chi connectivity index (χ2n) is 15.6. The smallest absolute Gasteiger partial charge is 0.490 e. The zero-order chi connectivity index (χ0) is 42.4. The number of ether oxygens (including phenoxy) is 1. The van der Waals surface area contributed by atoms with Crippen molar-refractivity contribution in [2.24, 2.45) is 5.92 Å². The number of likely N-dealkylation sites (tertiary alicyclic amines) is 1. The van der Waals surface area contributed by atoms with Crippen LogP contribution < -0.4 is 15.4 Å². The average Bonchev–Trinajstić information content (AvgIpc) is 3.61. The maximum atomic E-state index is 13.3. The third-order valence-corrected chi connectivity index (χ3v) is 11.1. The molecule has 4 aromatic rings. The van der Waals surface area contributed by atoms with Crippen molar-refractivity contribution in [1.29, 1.82) is 0 Å². The van der Waals surface area contributed by atoms with Crippen LogP contribution in [0.4, 0.5) is 27.8 Å². The van der Waals surface area contributed by atoms with Crippen LogP contribution in [0.25, 0.3) is 5.65 Å². The highest BCUT2D eigenvalue weighted by Gasteiger charge is 2.38. The lowest BCUT2D eigenvalue weighted by Gasteiger charge is -2.36. The minimum absolute atomic E-state index is 0.0455. The number of alkyl halides is 5. The van der Waals surface area contributed by atoms with Gasteiger partial charge in [-0.25, -0.2) is 23.5 Å². The van der Waals surface area contributed by atoms with E-state index in [4.69, 9.17) is 19.6 Å². The van der Waals surface area contributed by atoms with Crippen LogP contribution in [0, 0.1) is 5.92 Å². The number of anilines is 1. The van der Waals surface area contributed by atoms with E-state index < -0.39 is 30.2 Å². The fraction of sp³-hybridized carbons (Fsp3) is 0.476. The summed E-state index contributed by atoms with van der Waals surface area (Å²) in [6.07, 6.45) is 3.27. The van der Waals surface area contributed by atoms with E-state index in [9.17, 15) is 36.3 Å². The lowest BCUT2D eigenvalue weighted by Crippen LogP contribution is -2.39. The first-order valence-electron chi connectivity index (χ1n) is 19.8. The molecular weight excluding hydrogens is 779 g/mol. The number of carbonyl (C=O) groups excluding carboxylic acids is 3. The van der Waals surface area contributed by atoms with Gasteiger partial charge in [0.05, 0.1) is 23.3 Å². The SMILES string of the molecule is CC(C)Oc1cc2nc(C3CCC(CN4CCC(c5ccc(C6CCC(=O)NC6=O)cc5)CC4)CC3)cn2cc1C(=O)Nc1cccc(C(F)F)n1.O=C(O)C(F)(F)F. The van der Waals surface area contributed by atoms with Gasteiger partial charge < -0.3 is 24.5 Å². The number of amides is 3. The van der Waals surface area contributed by atoms with Crippen LogP contribution in [0.1, 0.15) is 122 Å². The van der Waals surface area contributed by atoms with Gasteiger partial charge in [-0.3, -0.25) is 19.7 Å². The van der Waals surface area contributed by atoms with Crippen molar-refractivity contribution >= 4 is 35.2 Å². The zero-order valence-electron chi connectivity index (χ0n) is 32.7. The molecule has 7 rings (SSSR count). The van der Waals surface area contributed by atoms with Crippen molar-refractivity contribution in [3.05, 3.63) is 89.0 Å². The molecule has 0 radical (unpaired) electrons. The van der Waals surface area contributed by atoms with Crippen molar-refractivity contribution < 1.29 is 51.0 Å². The maximum Gasteiger partial charge on any atom is 0.490 e. The number of carbonyl (C=O) groups is 4. The number of nitrogens with one attached hydrogen (secondary N) is 2. The molecule has 2 aliphatic heterocycles. The lowest BCUT2D eigenvalue weighted by molar-refractivity contribution is -0.192. The molecule has 1 unspecified atom stereocenters. The Balaban J connectivity index is 0.000000768. The highest BCUT2D eigenvalue weighted by Crippen LogP contribution is 2.38. The second kappa shape index (κ2) is 18.6. The lowest BCUT2D eigenvalue weighted by atomic mass is 9.80. The number of carboxylic acid groups (broad SMARTS) is 1. The van der Waals surface area contributed by atoms with E-state index in [1.807, 2.05) is 24.4 Å². The molecule has 17 heteroatoms. The van der Waals surface area contributed by atoms with Crippen LogP contribution in [0.3, 0.4) is 0 Å². The third-order valence-electron chi connectivity index (χ3n) is 11.1. The van der Waals surface area contributed by atoms with Crippen LogP contribution in [-0.2, 0) is 14.4 Å². The molecule has 1 aromatic carbocycles. The molecule has 1 aliphatic carbocycles. The zero-order valence-corrected chi connectivity index (χ0v) is 32.7. The van der Waals surface area contributed by atoms with Gasteiger partial charge in [-0.15, -0.1) is 0 Å². The van der Waals surface area contributed by atoms with E-state index >= 15 is 0 Å². The van der Waals surface area contributed by atoms with Gasteiger partial charge in [0.15, 0.2) is 0 Å². The fourth-order valence-electron chi connectivity index (χ4n) is 8.05. The second-order valence-corrected chi connectivity index (χ2v) is 15.6. The van der Waals surface area contributed by atoms with Crippen molar-refractivity contribution in [2.45, 2.75) is 102 Å². The number of nitrogens with zero attached hydrogens (tertiary/aromatic N) is 4. The molecule has 3 N–H and O–H groups in total. The largest absolute Gasteiger partial charge is 0.490 e. The predicted molar refractivity (Wildman–Crippen MR) is 206 cm³/mol. The Morgan fingerprint density at radius 2 is 1.58 bits per heavy atom. The van der Waals surface area contributed by atoms with E-state index in [-0.39, 0.29) is 35.2 Å². The number of imide groups is 1. The normalized spacial score (nSPS) is 20.6. The molecule has 0 bridgehead atoms. The molecule has 12 nitrogen and oxygen atoms in total. The van der Waals surface area contributed by atoms with E-state index in [0.29, 0.717) is 42.0 Å². The molecule has 5 heterocycles. The number of piperidine rings is 2. The summed E-state index contributed by atoms with van der Waals surface area (Å²) >= 11 is 0. The first-order chi connectivity index (χ1) is 28.0. The number of fused-ring (bicyclic) bond motifs is 1. The third kappa shape index (κ3) is 11.2. The van der Waals surface area contributed by atoms with E-state index in [2.05, 4.69) is 44.8 Å². The standard InChI is InChI=1S/C40H46F2N6O4.C2HF3O2/c1-24(2)52-34-20-36-44-33(23-48(36)22-31(34)40(51)45-35-5-3-4-32(43-35)38(41)42)29-8-6-25(7-9-29)21-47-18-16-27(17-19-47)26-10-12-28(13-11-26)30-14-15-37(49)46-39(30)50;3-2(4,5)1(6)7/h3-5,10-13,20,22-25,27,29-30,38H,6-9,14-19,21H2,1-2H3,(H,43,45,51)(H,46,49,50);(H,6,7). The number of imidazole rings is 1. The number of aromatic nitrogens is 3. The number of hydrogen-bond donors (Lipinski definition) is 3. The number of hydrogen-bond acceptors (Lipinski definition) is 8. The number of benzene rings is 1. The topological polar surface area (TPSA) is 155 Å². The molecule has 3 aliphatic rings. The molecule has 3 fully saturated rings. The number of carboxylic acids is 1. The summed E-state index contributed by atoms with van der Waals surface area (Å²) in [6.45, 7) is 7.03. The van der Waals surface area contributed by atoms with Crippen molar-refractivity contribution in [3.8, 4) is 5.75 Å². The Labute approximate surface area is 337 Å². The Morgan fingerprint density at radius 3 is 2.19 bits per heavy atom. The summed E-state index contributed by atoms with van der Waals surface area (Å²) in [5.41, 5.74) is 3.87. The summed E-state index contributed by atoms with van der Waals surface area (Å²) < 4.78 is 66.0. The fourth-order valence-corrected chi connectivity index (χ4v) is 8.05. The predicted octanol–water partition coefficient (Wildman–Crippen LogP) is 8.01. The van der Waals surface area contributed by atoms with Gasteiger partial charge in [0, 0.05) is 37.3 Å². The van der Waals surface area contributed by atoms with Gasteiger partial charge in [-0.2, -0.15) is 13.2 Å². The highest BCUT2D eigenvalue weighted by molar-refractivity contribution is 6.06. The number of aliphatic carboxylic acids is 1. The van der Waals surface area contributed by atoms with Crippen LogP contribution in [0.5, 0.6) is 5.75 Å². The van der Waals surface area contributed by atoms with Crippen molar-refractivity contribution in [3.63, 3.8) is 0 Å². The summed E-state index contributed by atoms with van der Waals surface area (Å²) in [6, 6.07) is 14.4. The highest BCUT2D eigenvalue weighted by atomic mass is 19.4. The minimum Gasteiger partial charge on any atom is -0.490 e. The monoisotopic (exact) mass is 826 g/mol. The van der Waals surface area contributed by atoms with E-state index in [1.54, 1.807) is 12.3 Å². The van der Waals surface area contributed by atoms with E-state index in [0.717, 1.165) is 69.4 Å². The number of halogens is 5.